The molecule has 8 heteroatoms. The first-order chi connectivity index (χ1) is 13.8. The van der Waals surface area contributed by atoms with E-state index in [1.54, 1.807) is 6.07 Å². The number of para-hydroxylation sites is 1. The van der Waals surface area contributed by atoms with Crippen molar-refractivity contribution >= 4 is 23.4 Å². The summed E-state index contributed by atoms with van der Waals surface area (Å²) in [6.07, 6.45) is 0. The minimum absolute atomic E-state index is 0.199. The Morgan fingerprint density at radius 2 is 1.38 bits per heavy atom. The van der Waals surface area contributed by atoms with Gasteiger partial charge in [-0.05, 0) is 37.1 Å². The molecule has 0 spiro atoms. The van der Waals surface area contributed by atoms with Crippen molar-refractivity contribution in [3.05, 3.63) is 53.1 Å². The van der Waals surface area contributed by atoms with Gasteiger partial charge in [0.05, 0.1) is 27.3 Å². The first-order valence-electron chi connectivity index (χ1n) is 8.98. The molecule has 0 aromatic heterocycles. The van der Waals surface area contributed by atoms with Crippen LogP contribution in [0.3, 0.4) is 0 Å². The van der Waals surface area contributed by atoms with E-state index in [1.807, 2.05) is 32.0 Å². The smallest absolute Gasteiger partial charge is 0.251 e. The molecular formula is C21H25N3O5. The molecule has 0 bridgehead atoms. The van der Waals surface area contributed by atoms with Gasteiger partial charge in [0.2, 0.25) is 11.8 Å². The van der Waals surface area contributed by atoms with Crippen LogP contribution in [0.25, 0.3) is 0 Å². The van der Waals surface area contributed by atoms with E-state index in [0.29, 0.717) is 17.1 Å². The number of aryl methyl sites for hydroxylation is 2. The van der Waals surface area contributed by atoms with Crippen molar-refractivity contribution in [2.75, 3.05) is 32.6 Å². The molecule has 3 N–H and O–H groups in total. The summed E-state index contributed by atoms with van der Waals surface area (Å²) >= 11 is 0. The van der Waals surface area contributed by atoms with E-state index in [1.165, 1.54) is 26.4 Å². The first-order valence-corrected chi connectivity index (χ1v) is 8.98. The topological polar surface area (TPSA) is 106 Å². The van der Waals surface area contributed by atoms with Crippen LogP contribution in [0, 0.1) is 13.8 Å². The molecule has 0 unspecified atom stereocenters. The zero-order valence-corrected chi connectivity index (χ0v) is 16.9. The summed E-state index contributed by atoms with van der Waals surface area (Å²) in [5.74, 6) is -0.369. The van der Waals surface area contributed by atoms with Gasteiger partial charge in [-0.1, -0.05) is 18.2 Å². The number of nitrogens with one attached hydrogen (secondary N) is 3. The van der Waals surface area contributed by atoms with E-state index in [4.69, 9.17) is 9.47 Å². The van der Waals surface area contributed by atoms with Crippen LogP contribution in [0.4, 0.5) is 5.69 Å². The van der Waals surface area contributed by atoms with E-state index in [2.05, 4.69) is 16.0 Å². The Bertz CT molecular complexity index is 869. The summed E-state index contributed by atoms with van der Waals surface area (Å²) in [6, 6.07) is 10.4. The number of ether oxygens (including phenoxy) is 2. The van der Waals surface area contributed by atoms with Gasteiger partial charge >= 0.3 is 0 Å². The van der Waals surface area contributed by atoms with Crippen molar-refractivity contribution in [2.24, 2.45) is 0 Å². The summed E-state index contributed by atoms with van der Waals surface area (Å²) in [5, 5.41) is 7.76. The SMILES string of the molecule is COc1cc(OC)cc(C(=O)NCC(=O)NCC(=O)Nc2c(C)cccc2C)c1. The number of anilines is 1. The molecule has 8 nitrogen and oxygen atoms in total. The Balaban J connectivity index is 1.84. The zero-order chi connectivity index (χ0) is 21.4. The summed E-state index contributed by atoms with van der Waals surface area (Å²) in [7, 11) is 2.96. The number of methoxy groups -OCH3 is 2. The second-order valence-corrected chi connectivity index (χ2v) is 6.38. The molecule has 0 atom stereocenters. The molecule has 0 fully saturated rings. The second-order valence-electron chi connectivity index (χ2n) is 6.38. The Morgan fingerprint density at radius 3 is 1.93 bits per heavy atom. The van der Waals surface area contributed by atoms with Crippen molar-refractivity contribution in [1.82, 2.24) is 10.6 Å². The molecule has 0 saturated carbocycles. The van der Waals surface area contributed by atoms with Crippen molar-refractivity contribution in [2.45, 2.75) is 13.8 Å². The average molecular weight is 399 g/mol. The Kier molecular flexibility index (Phi) is 7.59. The van der Waals surface area contributed by atoms with Crippen LogP contribution >= 0.6 is 0 Å². The monoisotopic (exact) mass is 399 g/mol. The van der Waals surface area contributed by atoms with Gasteiger partial charge in [0.25, 0.3) is 5.91 Å². The number of benzene rings is 2. The lowest BCUT2D eigenvalue weighted by atomic mass is 10.1. The van der Waals surface area contributed by atoms with E-state index in [9.17, 15) is 14.4 Å². The van der Waals surface area contributed by atoms with Crippen LogP contribution in [0.15, 0.2) is 36.4 Å². The molecular weight excluding hydrogens is 374 g/mol. The highest BCUT2D eigenvalue weighted by Crippen LogP contribution is 2.22. The molecule has 0 heterocycles. The third-order valence-electron chi connectivity index (χ3n) is 4.21. The van der Waals surface area contributed by atoms with Crippen molar-refractivity contribution in [1.29, 1.82) is 0 Å². The molecule has 0 aliphatic rings. The fraction of sp³-hybridized carbons (Fsp3) is 0.286. The highest BCUT2D eigenvalue weighted by atomic mass is 16.5. The van der Waals surface area contributed by atoms with E-state index in [0.717, 1.165) is 16.8 Å². The minimum Gasteiger partial charge on any atom is -0.497 e. The molecule has 0 aliphatic carbocycles. The molecule has 154 valence electrons. The number of hydrogen-bond acceptors (Lipinski definition) is 5. The lowest BCUT2D eigenvalue weighted by Gasteiger charge is -2.12. The highest BCUT2D eigenvalue weighted by molar-refractivity contribution is 5.98. The predicted molar refractivity (Wildman–Crippen MR) is 109 cm³/mol. The quantitative estimate of drug-likeness (QED) is 0.628. The van der Waals surface area contributed by atoms with Crippen LogP contribution in [-0.4, -0.2) is 45.0 Å². The largest absolute Gasteiger partial charge is 0.497 e. The third-order valence-corrected chi connectivity index (χ3v) is 4.21. The number of amides is 3. The van der Waals surface area contributed by atoms with Gasteiger partial charge in [0, 0.05) is 17.3 Å². The number of carbonyl (C=O) groups excluding carboxylic acids is 3. The second kappa shape index (κ2) is 10.1. The molecule has 3 amide bonds. The summed E-state index contributed by atoms with van der Waals surface area (Å²) in [6.45, 7) is 3.32. The van der Waals surface area contributed by atoms with Crippen molar-refractivity contribution in [3.63, 3.8) is 0 Å². The predicted octanol–water partition coefficient (Wildman–Crippen LogP) is 1.81. The number of hydrogen-bond donors (Lipinski definition) is 3. The normalized spacial score (nSPS) is 10.1. The van der Waals surface area contributed by atoms with Crippen LogP contribution in [0.5, 0.6) is 11.5 Å². The number of carbonyl (C=O) groups is 3. The molecule has 0 saturated heterocycles. The van der Waals surface area contributed by atoms with Gasteiger partial charge in [-0.15, -0.1) is 0 Å². The van der Waals surface area contributed by atoms with Crippen molar-refractivity contribution < 1.29 is 23.9 Å². The van der Waals surface area contributed by atoms with Gasteiger partial charge in [-0.25, -0.2) is 0 Å². The number of rotatable bonds is 8. The summed E-state index contributed by atoms with van der Waals surface area (Å²) in [4.78, 5) is 36.3. The molecule has 2 aromatic carbocycles. The third kappa shape index (κ3) is 6.24. The summed E-state index contributed by atoms with van der Waals surface area (Å²) in [5.41, 5.74) is 2.89. The Morgan fingerprint density at radius 1 is 0.828 bits per heavy atom. The lowest BCUT2D eigenvalue weighted by molar-refractivity contribution is -0.123. The maximum absolute atomic E-state index is 12.3. The van der Waals surface area contributed by atoms with Crippen LogP contribution in [0.1, 0.15) is 21.5 Å². The molecule has 0 aliphatic heterocycles. The van der Waals surface area contributed by atoms with Crippen LogP contribution in [-0.2, 0) is 9.59 Å². The van der Waals surface area contributed by atoms with Crippen LogP contribution in [0.2, 0.25) is 0 Å². The van der Waals surface area contributed by atoms with E-state index < -0.39 is 11.8 Å². The van der Waals surface area contributed by atoms with Gasteiger partial charge in [-0.3, -0.25) is 14.4 Å². The highest BCUT2D eigenvalue weighted by Gasteiger charge is 2.13. The van der Waals surface area contributed by atoms with Gasteiger partial charge in [-0.2, -0.15) is 0 Å². The fourth-order valence-corrected chi connectivity index (χ4v) is 2.64. The van der Waals surface area contributed by atoms with Crippen molar-refractivity contribution in [3.8, 4) is 11.5 Å². The average Bonchev–Trinajstić information content (AvgIpc) is 2.72. The maximum atomic E-state index is 12.3. The summed E-state index contributed by atoms with van der Waals surface area (Å²) < 4.78 is 10.2. The van der Waals surface area contributed by atoms with Gasteiger partial charge < -0.3 is 25.4 Å². The Hall–Kier alpha value is -3.55. The molecule has 2 aromatic rings. The standard InChI is InChI=1S/C21H25N3O5/c1-13-6-5-7-14(2)20(13)24-19(26)12-22-18(25)11-23-21(27)15-8-16(28-3)10-17(9-15)29-4/h5-10H,11-12H2,1-4H3,(H,22,25)(H,23,27)(H,24,26). The fourth-order valence-electron chi connectivity index (χ4n) is 2.64. The van der Waals surface area contributed by atoms with Gasteiger partial charge in [0.1, 0.15) is 11.5 Å². The Labute approximate surface area is 169 Å². The molecule has 29 heavy (non-hydrogen) atoms. The van der Waals surface area contributed by atoms with Crippen LogP contribution < -0.4 is 25.4 Å². The zero-order valence-electron chi connectivity index (χ0n) is 16.9. The van der Waals surface area contributed by atoms with E-state index in [-0.39, 0.29) is 19.0 Å². The lowest BCUT2D eigenvalue weighted by Crippen LogP contribution is -2.40. The minimum atomic E-state index is -0.482. The molecule has 0 radical (unpaired) electrons. The first kappa shape index (κ1) is 21.7. The molecule has 2 rings (SSSR count). The maximum Gasteiger partial charge on any atom is 0.251 e. The van der Waals surface area contributed by atoms with Gasteiger partial charge in [0.15, 0.2) is 0 Å². The van der Waals surface area contributed by atoms with E-state index >= 15 is 0 Å².